The van der Waals surface area contributed by atoms with Crippen molar-refractivity contribution in [2.24, 2.45) is 7.05 Å². The molecule has 19 heavy (non-hydrogen) atoms. The van der Waals surface area contributed by atoms with Crippen LogP contribution in [0.1, 0.15) is 18.8 Å². The molecule has 3 N–H and O–H groups in total. The first-order valence-electron chi connectivity index (χ1n) is 5.34. The Morgan fingerprint density at radius 1 is 1.37 bits per heavy atom. The predicted molar refractivity (Wildman–Crippen MR) is 66.2 cm³/mol. The fourth-order valence-corrected chi connectivity index (χ4v) is 2.59. The first-order chi connectivity index (χ1) is 8.90. The van der Waals surface area contributed by atoms with Gasteiger partial charge in [0.05, 0.1) is 18.4 Å². The number of nitrogens with zero attached hydrogens (tertiary/aromatic N) is 5. The summed E-state index contributed by atoms with van der Waals surface area (Å²) in [7, 11) is -2.00. The van der Waals surface area contributed by atoms with Gasteiger partial charge < -0.3 is 10.3 Å². The molecule has 0 aliphatic rings. The summed E-state index contributed by atoms with van der Waals surface area (Å²) >= 11 is 0. The smallest absolute Gasteiger partial charge is 0.244 e. The molecule has 0 bridgehead atoms. The summed E-state index contributed by atoms with van der Waals surface area (Å²) in [6.45, 7) is 1.67. The second-order valence-corrected chi connectivity index (χ2v) is 5.63. The van der Waals surface area contributed by atoms with E-state index in [1.54, 1.807) is 18.5 Å². The van der Waals surface area contributed by atoms with Crippen molar-refractivity contribution in [3.8, 4) is 0 Å². The quantitative estimate of drug-likeness (QED) is 0.753. The maximum atomic E-state index is 12.1. The van der Waals surface area contributed by atoms with Crippen LogP contribution in [0.4, 0.5) is 5.95 Å². The summed E-state index contributed by atoms with van der Waals surface area (Å²) in [5, 5.41) is 7.54. The van der Waals surface area contributed by atoms with Gasteiger partial charge >= 0.3 is 0 Å². The molecule has 102 valence electrons. The zero-order valence-electron chi connectivity index (χ0n) is 10.3. The molecule has 0 radical (unpaired) electrons. The molecular weight excluding hydrogens is 270 g/mol. The maximum Gasteiger partial charge on any atom is 0.244 e. The normalized spacial score (nSPS) is 13.4. The lowest BCUT2D eigenvalue weighted by atomic mass is 10.3. The van der Waals surface area contributed by atoms with Gasteiger partial charge in [-0.05, 0) is 6.92 Å². The second-order valence-electron chi connectivity index (χ2n) is 3.92. The highest BCUT2D eigenvalue weighted by molar-refractivity contribution is 7.89. The first-order valence-corrected chi connectivity index (χ1v) is 6.82. The van der Waals surface area contributed by atoms with E-state index in [0.29, 0.717) is 5.82 Å². The van der Waals surface area contributed by atoms with Crippen LogP contribution in [-0.4, -0.2) is 33.2 Å². The van der Waals surface area contributed by atoms with Crippen molar-refractivity contribution in [2.75, 3.05) is 5.73 Å². The SMILES string of the molecule is CC(NS(=O)(=O)c1cnc(N)nc1)c1nncn1C. The van der Waals surface area contributed by atoms with E-state index in [-0.39, 0.29) is 10.8 Å². The van der Waals surface area contributed by atoms with Gasteiger partial charge in [-0.25, -0.2) is 23.1 Å². The predicted octanol–water partition coefficient (Wildman–Crippen LogP) is -0.773. The number of aromatic nitrogens is 5. The van der Waals surface area contributed by atoms with E-state index in [2.05, 4.69) is 24.9 Å². The van der Waals surface area contributed by atoms with Crippen molar-refractivity contribution in [3.63, 3.8) is 0 Å². The zero-order chi connectivity index (χ0) is 14.0. The highest BCUT2D eigenvalue weighted by atomic mass is 32.2. The van der Waals surface area contributed by atoms with Gasteiger partial charge in [0.1, 0.15) is 17.0 Å². The molecule has 0 aliphatic carbocycles. The topological polar surface area (TPSA) is 129 Å². The number of hydrogen-bond acceptors (Lipinski definition) is 7. The number of nitrogens with one attached hydrogen (secondary N) is 1. The van der Waals surface area contributed by atoms with Gasteiger partial charge in [0, 0.05) is 7.05 Å². The number of sulfonamides is 1. The minimum absolute atomic E-state index is 0.0142. The third kappa shape index (κ3) is 2.85. The van der Waals surface area contributed by atoms with Crippen LogP contribution in [0.2, 0.25) is 0 Å². The molecule has 2 heterocycles. The summed E-state index contributed by atoms with van der Waals surface area (Å²) < 4.78 is 28.2. The van der Waals surface area contributed by atoms with Crippen LogP contribution in [0, 0.1) is 0 Å². The van der Waals surface area contributed by atoms with E-state index in [0.717, 1.165) is 12.4 Å². The Morgan fingerprint density at radius 3 is 2.53 bits per heavy atom. The maximum absolute atomic E-state index is 12.1. The van der Waals surface area contributed by atoms with Crippen LogP contribution in [0.25, 0.3) is 0 Å². The van der Waals surface area contributed by atoms with Crippen LogP contribution in [0.3, 0.4) is 0 Å². The highest BCUT2D eigenvalue weighted by Crippen LogP contribution is 2.13. The molecule has 1 unspecified atom stereocenters. The Bertz CT molecular complexity index is 664. The van der Waals surface area contributed by atoms with Crippen molar-refractivity contribution in [2.45, 2.75) is 17.9 Å². The molecule has 9 nitrogen and oxygen atoms in total. The molecule has 0 aliphatic heterocycles. The van der Waals surface area contributed by atoms with Gasteiger partial charge in [0.25, 0.3) is 0 Å². The summed E-state index contributed by atoms with van der Waals surface area (Å²) in [4.78, 5) is 7.24. The van der Waals surface area contributed by atoms with Crippen LogP contribution in [0.5, 0.6) is 0 Å². The van der Waals surface area contributed by atoms with Crippen molar-refractivity contribution < 1.29 is 8.42 Å². The van der Waals surface area contributed by atoms with Crippen molar-refractivity contribution >= 4 is 16.0 Å². The molecule has 0 saturated heterocycles. The monoisotopic (exact) mass is 283 g/mol. The van der Waals surface area contributed by atoms with E-state index in [1.165, 1.54) is 6.33 Å². The van der Waals surface area contributed by atoms with E-state index in [4.69, 9.17) is 5.73 Å². The molecule has 10 heteroatoms. The lowest BCUT2D eigenvalue weighted by molar-refractivity contribution is 0.552. The average molecular weight is 283 g/mol. The highest BCUT2D eigenvalue weighted by Gasteiger charge is 2.21. The molecule has 2 aromatic rings. The number of rotatable bonds is 4. The van der Waals surface area contributed by atoms with Gasteiger partial charge in [0.15, 0.2) is 0 Å². The Morgan fingerprint density at radius 2 is 2.00 bits per heavy atom. The first kappa shape index (κ1) is 13.4. The fraction of sp³-hybridized carbons (Fsp3) is 0.333. The molecule has 0 spiro atoms. The van der Waals surface area contributed by atoms with Gasteiger partial charge in [0.2, 0.25) is 16.0 Å². The van der Waals surface area contributed by atoms with E-state index in [9.17, 15) is 8.42 Å². The number of nitrogen functional groups attached to an aromatic ring is 1. The summed E-state index contributed by atoms with van der Waals surface area (Å²) in [6, 6.07) is -0.532. The molecular formula is C9H13N7O2S. The van der Waals surface area contributed by atoms with Gasteiger partial charge in [-0.2, -0.15) is 0 Å². The van der Waals surface area contributed by atoms with Gasteiger partial charge in [-0.15, -0.1) is 10.2 Å². The third-order valence-corrected chi connectivity index (χ3v) is 3.92. The minimum Gasteiger partial charge on any atom is -0.368 e. The molecule has 1 atom stereocenters. The Balaban J connectivity index is 2.22. The van der Waals surface area contributed by atoms with Crippen molar-refractivity contribution in [3.05, 3.63) is 24.5 Å². The van der Waals surface area contributed by atoms with Crippen LogP contribution >= 0.6 is 0 Å². The molecule has 2 rings (SSSR count). The van der Waals surface area contributed by atoms with Gasteiger partial charge in [-0.3, -0.25) is 0 Å². The number of hydrogen-bond donors (Lipinski definition) is 2. The molecule has 0 aromatic carbocycles. The van der Waals surface area contributed by atoms with Crippen LogP contribution in [-0.2, 0) is 17.1 Å². The average Bonchev–Trinajstić information content (AvgIpc) is 2.75. The lowest BCUT2D eigenvalue weighted by Crippen LogP contribution is -2.28. The van der Waals surface area contributed by atoms with Crippen LogP contribution in [0.15, 0.2) is 23.6 Å². The summed E-state index contributed by atoms with van der Waals surface area (Å²) in [5.41, 5.74) is 5.31. The summed E-state index contributed by atoms with van der Waals surface area (Å²) in [5.74, 6) is 0.514. The number of anilines is 1. The Hall–Kier alpha value is -2.07. The van der Waals surface area contributed by atoms with Crippen molar-refractivity contribution in [1.82, 2.24) is 29.5 Å². The standard InChI is InChI=1S/C9H13N7O2S/c1-6(8-14-13-5-16(8)2)15-19(17,18)7-3-11-9(10)12-4-7/h3-6,15H,1-2H3,(H2,10,11,12). The third-order valence-electron chi connectivity index (χ3n) is 2.42. The largest absolute Gasteiger partial charge is 0.368 e. The second kappa shape index (κ2) is 4.90. The molecule has 0 fully saturated rings. The zero-order valence-corrected chi connectivity index (χ0v) is 11.2. The van der Waals surface area contributed by atoms with E-state index < -0.39 is 16.1 Å². The van der Waals surface area contributed by atoms with Crippen LogP contribution < -0.4 is 10.5 Å². The molecule has 0 saturated carbocycles. The Labute approximate surface area is 110 Å². The lowest BCUT2D eigenvalue weighted by Gasteiger charge is -2.12. The molecule has 0 amide bonds. The molecule has 2 aromatic heterocycles. The van der Waals surface area contributed by atoms with Crippen molar-refractivity contribution in [1.29, 1.82) is 0 Å². The van der Waals surface area contributed by atoms with E-state index in [1.807, 2.05) is 0 Å². The van der Waals surface area contributed by atoms with E-state index >= 15 is 0 Å². The fourth-order valence-electron chi connectivity index (χ4n) is 1.50. The van der Waals surface area contributed by atoms with Gasteiger partial charge in [-0.1, -0.05) is 0 Å². The Kier molecular flexibility index (Phi) is 3.44. The number of aryl methyl sites for hydroxylation is 1. The summed E-state index contributed by atoms with van der Waals surface area (Å²) in [6.07, 6.45) is 3.79. The minimum atomic E-state index is -3.73. The number of nitrogens with two attached hydrogens (primary N) is 1.